The molecule has 0 aromatic heterocycles. The second-order valence-electron chi connectivity index (χ2n) is 3.14. The maximum Gasteiger partial charge on any atom is 0.0521 e. The van der Waals surface area contributed by atoms with Crippen LogP contribution in [0.25, 0.3) is 0 Å². The van der Waals surface area contributed by atoms with Crippen LogP contribution in [0.4, 0.5) is 0 Å². The Kier molecular flexibility index (Phi) is 5.13. The highest BCUT2D eigenvalue weighted by Crippen LogP contribution is 2.19. The van der Waals surface area contributed by atoms with Crippen molar-refractivity contribution >= 4 is 11.8 Å². The van der Waals surface area contributed by atoms with Crippen molar-refractivity contribution in [2.75, 3.05) is 24.7 Å². The van der Waals surface area contributed by atoms with Crippen molar-refractivity contribution in [3.05, 3.63) is 0 Å². The molecule has 2 nitrogen and oxygen atoms in total. The number of rotatable bonds is 5. The minimum Gasteiger partial charge on any atom is -0.396 e. The van der Waals surface area contributed by atoms with Gasteiger partial charge in [0.25, 0.3) is 0 Å². The first-order valence-corrected chi connectivity index (χ1v) is 4.66. The second-order valence-corrected chi connectivity index (χ2v) is 4.25. The van der Waals surface area contributed by atoms with E-state index in [1.807, 2.05) is 0 Å². The number of aliphatic hydroxyl groups excluding tert-OH is 1. The topological polar surface area (TPSA) is 46.2 Å². The predicted molar refractivity (Wildman–Crippen MR) is 47.2 cm³/mol. The SMILES string of the molecule is CC(C)(CN)CSCCO. The van der Waals surface area contributed by atoms with E-state index in [0.717, 1.165) is 11.5 Å². The molecule has 3 N–H and O–H groups in total. The average Bonchev–Trinajstić information content (AvgIpc) is 1.89. The average molecular weight is 163 g/mol. The van der Waals surface area contributed by atoms with Crippen molar-refractivity contribution in [2.45, 2.75) is 13.8 Å². The lowest BCUT2D eigenvalue weighted by atomic mass is 9.97. The van der Waals surface area contributed by atoms with Gasteiger partial charge < -0.3 is 10.8 Å². The first-order valence-electron chi connectivity index (χ1n) is 3.51. The number of aliphatic hydroxyl groups is 1. The molecule has 0 aliphatic carbocycles. The Morgan fingerprint density at radius 2 is 2.10 bits per heavy atom. The van der Waals surface area contributed by atoms with Crippen LogP contribution in [0.15, 0.2) is 0 Å². The number of nitrogens with two attached hydrogens (primary N) is 1. The van der Waals surface area contributed by atoms with Crippen LogP contribution in [-0.4, -0.2) is 29.8 Å². The van der Waals surface area contributed by atoms with E-state index in [4.69, 9.17) is 10.8 Å². The number of thioether (sulfide) groups is 1. The van der Waals surface area contributed by atoms with Crippen molar-refractivity contribution in [2.24, 2.45) is 11.1 Å². The van der Waals surface area contributed by atoms with Gasteiger partial charge in [-0.25, -0.2) is 0 Å². The van der Waals surface area contributed by atoms with Crippen LogP contribution < -0.4 is 5.73 Å². The molecule has 0 fully saturated rings. The molecule has 3 heteroatoms. The molecule has 0 rings (SSSR count). The van der Waals surface area contributed by atoms with Gasteiger partial charge in [0.15, 0.2) is 0 Å². The first kappa shape index (κ1) is 10.3. The van der Waals surface area contributed by atoms with Gasteiger partial charge in [-0.05, 0) is 17.7 Å². The standard InChI is InChI=1S/C7H17NOS/c1-7(2,5-8)6-10-4-3-9/h9H,3-6,8H2,1-2H3. The largest absolute Gasteiger partial charge is 0.396 e. The number of hydrogen-bond acceptors (Lipinski definition) is 3. The molecule has 0 unspecified atom stereocenters. The van der Waals surface area contributed by atoms with E-state index in [-0.39, 0.29) is 12.0 Å². The summed E-state index contributed by atoms with van der Waals surface area (Å²) in [7, 11) is 0. The van der Waals surface area contributed by atoms with E-state index >= 15 is 0 Å². The van der Waals surface area contributed by atoms with Crippen LogP contribution in [0.3, 0.4) is 0 Å². The van der Waals surface area contributed by atoms with Crippen LogP contribution in [0.2, 0.25) is 0 Å². The summed E-state index contributed by atoms with van der Waals surface area (Å²) in [5.41, 5.74) is 5.73. The van der Waals surface area contributed by atoms with Gasteiger partial charge >= 0.3 is 0 Å². The van der Waals surface area contributed by atoms with Crippen LogP contribution in [0.5, 0.6) is 0 Å². The van der Waals surface area contributed by atoms with Crippen molar-refractivity contribution in [3.63, 3.8) is 0 Å². The molecule has 62 valence electrons. The summed E-state index contributed by atoms with van der Waals surface area (Å²) < 4.78 is 0. The van der Waals surface area contributed by atoms with Crippen LogP contribution >= 0.6 is 11.8 Å². The van der Waals surface area contributed by atoms with E-state index in [1.54, 1.807) is 11.8 Å². The van der Waals surface area contributed by atoms with Gasteiger partial charge in [0, 0.05) is 5.75 Å². The van der Waals surface area contributed by atoms with E-state index in [1.165, 1.54) is 0 Å². The first-order chi connectivity index (χ1) is 4.62. The third kappa shape index (κ3) is 5.09. The van der Waals surface area contributed by atoms with E-state index in [2.05, 4.69) is 13.8 Å². The van der Waals surface area contributed by atoms with Crippen molar-refractivity contribution in [1.82, 2.24) is 0 Å². The van der Waals surface area contributed by atoms with Crippen LogP contribution in [0, 0.1) is 5.41 Å². The maximum absolute atomic E-state index is 8.48. The zero-order chi connectivity index (χ0) is 8.04. The van der Waals surface area contributed by atoms with Crippen molar-refractivity contribution < 1.29 is 5.11 Å². The monoisotopic (exact) mass is 163 g/mol. The quantitative estimate of drug-likeness (QED) is 0.586. The fraction of sp³-hybridized carbons (Fsp3) is 1.00. The molecule has 0 atom stereocenters. The summed E-state index contributed by atoms with van der Waals surface area (Å²) in [5, 5.41) is 8.48. The molecule has 0 aliphatic heterocycles. The van der Waals surface area contributed by atoms with Gasteiger partial charge in [0.1, 0.15) is 0 Å². The van der Waals surface area contributed by atoms with Crippen molar-refractivity contribution in [3.8, 4) is 0 Å². The Hall–Kier alpha value is 0.270. The normalized spacial score (nSPS) is 12.0. The second kappa shape index (κ2) is 4.99. The van der Waals surface area contributed by atoms with Gasteiger partial charge in [0.2, 0.25) is 0 Å². The lowest BCUT2D eigenvalue weighted by Gasteiger charge is -2.20. The highest BCUT2D eigenvalue weighted by atomic mass is 32.2. The van der Waals surface area contributed by atoms with E-state index < -0.39 is 0 Å². The van der Waals surface area contributed by atoms with Gasteiger partial charge in [-0.15, -0.1) is 0 Å². The minimum absolute atomic E-state index is 0.222. The predicted octanol–water partition coefficient (Wildman–Crippen LogP) is 0.697. The van der Waals surface area contributed by atoms with Gasteiger partial charge in [-0.3, -0.25) is 0 Å². The summed E-state index contributed by atoms with van der Waals surface area (Å²) in [5.74, 6) is 1.85. The summed E-state index contributed by atoms with van der Waals surface area (Å²) in [6.45, 7) is 5.26. The molecule has 0 radical (unpaired) electrons. The van der Waals surface area contributed by atoms with Gasteiger partial charge in [-0.1, -0.05) is 13.8 Å². The molecule has 0 aromatic rings. The Morgan fingerprint density at radius 3 is 2.50 bits per heavy atom. The highest BCUT2D eigenvalue weighted by molar-refractivity contribution is 7.99. The van der Waals surface area contributed by atoms with Crippen LogP contribution in [-0.2, 0) is 0 Å². The molecule has 0 aromatic carbocycles. The van der Waals surface area contributed by atoms with Crippen LogP contribution in [0.1, 0.15) is 13.8 Å². The Labute approximate surface area is 67.2 Å². The third-order valence-electron chi connectivity index (χ3n) is 1.28. The molecule has 0 heterocycles. The zero-order valence-electron chi connectivity index (χ0n) is 6.76. The highest BCUT2D eigenvalue weighted by Gasteiger charge is 2.14. The summed E-state index contributed by atoms with van der Waals surface area (Å²) in [6.07, 6.45) is 0. The Balaban J connectivity index is 3.28. The summed E-state index contributed by atoms with van der Waals surface area (Å²) >= 11 is 1.75. The van der Waals surface area contributed by atoms with Gasteiger partial charge in [-0.2, -0.15) is 11.8 Å². The van der Waals surface area contributed by atoms with E-state index in [0.29, 0.717) is 6.54 Å². The third-order valence-corrected chi connectivity index (χ3v) is 2.74. The summed E-state index contributed by atoms with van der Waals surface area (Å²) in [6, 6.07) is 0. The maximum atomic E-state index is 8.48. The Morgan fingerprint density at radius 1 is 1.50 bits per heavy atom. The van der Waals surface area contributed by atoms with Gasteiger partial charge in [0.05, 0.1) is 6.61 Å². The molecule has 10 heavy (non-hydrogen) atoms. The fourth-order valence-corrected chi connectivity index (χ4v) is 1.42. The fourth-order valence-electron chi connectivity index (χ4n) is 0.472. The molecular weight excluding hydrogens is 146 g/mol. The molecule has 0 bridgehead atoms. The lowest BCUT2D eigenvalue weighted by molar-refractivity contribution is 0.322. The molecule has 0 amide bonds. The molecule has 0 saturated heterocycles. The molecular formula is C7H17NOS. The lowest BCUT2D eigenvalue weighted by Crippen LogP contribution is -2.26. The molecule has 0 spiro atoms. The summed E-state index contributed by atoms with van der Waals surface area (Å²) in [4.78, 5) is 0. The Bertz CT molecular complexity index is 85.7. The molecule has 0 saturated carbocycles. The van der Waals surface area contributed by atoms with E-state index in [9.17, 15) is 0 Å². The zero-order valence-corrected chi connectivity index (χ0v) is 7.58. The molecule has 0 aliphatic rings. The number of hydrogen-bond donors (Lipinski definition) is 2. The van der Waals surface area contributed by atoms with Crippen molar-refractivity contribution in [1.29, 1.82) is 0 Å². The smallest absolute Gasteiger partial charge is 0.0521 e. The minimum atomic E-state index is 0.222.